The van der Waals surface area contributed by atoms with Crippen LogP contribution in [0.15, 0.2) is 223 Å². The molecule has 0 amide bonds. The molecule has 0 radical (unpaired) electrons. The van der Waals surface area contributed by atoms with Crippen LogP contribution in [0.5, 0.6) is 0 Å². The Morgan fingerprint density at radius 1 is 0.270 bits per heavy atom. The number of benzene rings is 9. The number of hydrogen-bond acceptors (Lipinski definition) is 5. The molecule has 0 fully saturated rings. The number of rotatable bonds is 7. The van der Waals surface area contributed by atoms with E-state index in [-0.39, 0.29) is 0 Å². The Balaban J connectivity index is 1.01. The van der Waals surface area contributed by atoms with Crippen LogP contribution in [0.25, 0.3) is 122 Å². The van der Waals surface area contributed by atoms with E-state index in [1.807, 2.05) is 24.3 Å². The summed E-state index contributed by atoms with van der Waals surface area (Å²) < 4.78 is 6.61. The molecule has 3 aromatic heterocycles. The first-order valence-corrected chi connectivity index (χ1v) is 21.1. The van der Waals surface area contributed by atoms with Crippen molar-refractivity contribution in [2.24, 2.45) is 0 Å². The molecule has 63 heavy (non-hydrogen) atoms. The minimum Gasteiger partial charge on any atom is -0.456 e. The van der Waals surface area contributed by atoms with Crippen LogP contribution in [0.2, 0.25) is 0 Å². The van der Waals surface area contributed by atoms with Crippen LogP contribution in [0.1, 0.15) is 0 Å². The normalized spacial score (nSPS) is 11.5. The minimum atomic E-state index is 0.590. The van der Waals surface area contributed by atoms with E-state index in [1.165, 1.54) is 0 Å². The molecule has 0 aliphatic rings. The zero-order valence-electron chi connectivity index (χ0n) is 34.0. The lowest BCUT2D eigenvalue weighted by atomic mass is 9.89. The molecule has 0 unspecified atom stereocenters. The highest BCUT2D eigenvalue weighted by atomic mass is 16.3. The van der Waals surface area contributed by atoms with Crippen molar-refractivity contribution >= 4 is 43.6 Å². The summed E-state index contributed by atoms with van der Waals surface area (Å²) in [5, 5.41) is 5.46. The topological polar surface area (TPSA) is 64.7 Å². The number of furan rings is 1. The predicted molar refractivity (Wildman–Crippen MR) is 258 cm³/mol. The van der Waals surface area contributed by atoms with Crippen LogP contribution in [-0.2, 0) is 0 Å². The van der Waals surface area contributed by atoms with E-state index in [4.69, 9.17) is 24.4 Å². The van der Waals surface area contributed by atoms with Gasteiger partial charge in [0.2, 0.25) is 0 Å². The van der Waals surface area contributed by atoms with Crippen molar-refractivity contribution in [3.8, 4) is 78.8 Å². The Morgan fingerprint density at radius 3 is 1.22 bits per heavy atom. The van der Waals surface area contributed by atoms with Crippen LogP contribution >= 0.6 is 0 Å². The third-order valence-electron chi connectivity index (χ3n) is 11.9. The molecule has 5 heteroatoms. The fourth-order valence-electron chi connectivity index (χ4n) is 8.86. The van der Waals surface area contributed by atoms with Gasteiger partial charge in [0, 0.05) is 54.7 Å². The maximum absolute atomic E-state index is 6.61. The first-order valence-electron chi connectivity index (χ1n) is 21.1. The second-order valence-electron chi connectivity index (χ2n) is 15.8. The van der Waals surface area contributed by atoms with Gasteiger partial charge in [-0.3, -0.25) is 0 Å². The molecule has 9 aromatic carbocycles. The molecule has 0 saturated heterocycles. The smallest absolute Gasteiger partial charge is 0.164 e. The van der Waals surface area contributed by atoms with Crippen molar-refractivity contribution in [3.63, 3.8) is 0 Å². The van der Waals surface area contributed by atoms with Gasteiger partial charge in [0.1, 0.15) is 11.2 Å². The highest BCUT2D eigenvalue weighted by molar-refractivity contribution is 6.27. The zero-order chi connectivity index (χ0) is 41.7. The lowest BCUT2D eigenvalue weighted by Gasteiger charge is -2.16. The van der Waals surface area contributed by atoms with E-state index in [0.717, 1.165) is 105 Å². The average molecular weight is 805 g/mol. The van der Waals surface area contributed by atoms with Crippen LogP contribution < -0.4 is 0 Å². The van der Waals surface area contributed by atoms with Gasteiger partial charge in [-0.05, 0) is 46.0 Å². The Bertz CT molecular complexity index is 3520. The second kappa shape index (κ2) is 15.2. The maximum Gasteiger partial charge on any atom is 0.164 e. The molecule has 294 valence electrons. The molecule has 0 aliphatic heterocycles. The SMILES string of the molecule is c1ccc(-c2ccc(-c3nc(-c4ccc(-c5ccccc5)cc4)nc(-c4ccc(-c5nc6ccccc6c6c(-c7ccccc7)c7c(cc56)oc5ccccc57)cc4)n3)cc2)cc1. The van der Waals surface area contributed by atoms with Crippen LogP contribution in [0.3, 0.4) is 0 Å². The first kappa shape index (κ1) is 36.3. The molecular weight excluding hydrogens is 769 g/mol. The molecule has 3 heterocycles. The third-order valence-corrected chi connectivity index (χ3v) is 11.9. The van der Waals surface area contributed by atoms with E-state index in [2.05, 4.69) is 194 Å². The summed E-state index contributed by atoms with van der Waals surface area (Å²) in [7, 11) is 0. The number of aromatic nitrogens is 4. The summed E-state index contributed by atoms with van der Waals surface area (Å²) in [5.74, 6) is 1.81. The number of para-hydroxylation sites is 2. The van der Waals surface area contributed by atoms with Gasteiger partial charge in [0.05, 0.1) is 11.2 Å². The summed E-state index contributed by atoms with van der Waals surface area (Å²) >= 11 is 0. The minimum absolute atomic E-state index is 0.590. The number of fused-ring (bicyclic) bond motifs is 6. The third kappa shape index (κ3) is 6.51. The number of nitrogens with zero attached hydrogens (tertiary/aromatic N) is 4. The monoisotopic (exact) mass is 804 g/mol. The largest absolute Gasteiger partial charge is 0.456 e. The van der Waals surface area contributed by atoms with Gasteiger partial charge < -0.3 is 4.42 Å². The van der Waals surface area contributed by atoms with Gasteiger partial charge in [-0.25, -0.2) is 19.9 Å². The number of pyridine rings is 1. The summed E-state index contributed by atoms with van der Waals surface area (Å²) in [6.45, 7) is 0. The molecule has 12 aromatic rings. The Morgan fingerprint density at radius 2 is 0.683 bits per heavy atom. The quantitative estimate of drug-likeness (QED) is 0.150. The summed E-state index contributed by atoms with van der Waals surface area (Å²) in [6.07, 6.45) is 0. The van der Waals surface area contributed by atoms with E-state index < -0.39 is 0 Å². The molecule has 0 saturated carbocycles. The Kier molecular flexibility index (Phi) is 8.75. The van der Waals surface area contributed by atoms with Crippen molar-refractivity contribution < 1.29 is 4.42 Å². The van der Waals surface area contributed by atoms with Gasteiger partial charge in [0.25, 0.3) is 0 Å². The number of hydrogen-bond donors (Lipinski definition) is 0. The van der Waals surface area contributed by atoms with Crippen LogP contribution in [-0.4, -0.2) is 19.9 Å². The van der Waals surface area contributed by atoms with Gasteiger partial charge in [-0.2, -0.15) is 0 Å². The molecule has 0 N–H and O–H groups in total. The Hall–Kier alpha value is -8.54. The van der Waals surface area contributed by atoms with Crippen LogP contribution in [0, 0.1) is 0 Å². The fourth-order valence-corrected chi connectivity index (χ4v) is 8.86. The Labute approximate surface area is 363 Å². The molecular formula is C58H36N4O. The highest BCUT2D eigenvalue weighted by Crippen LogP contribution is 2.46. The van der Waals surface area contributed by atoms with Gasteiger partial charge in [-0.1, -0.05) is 200 Å². The van der Waals surface area contributed by atoms with Gasteiger partial charge >= 0.3 is 0 Å². The van der Waals surface area contributed by atoms with Gasteiger partial charge in [0.15, 0.2) is 17.5 Å². The highest BCUT2D eigenvalue weighted by Gasteiger charge is 2.22. The van der Waals surface area contributed by atoms with Crippen molar-refractivity contribution in [1.82, 2.24) is 19.9 Å². The summed E-state index contributed by atoms with van der Waals surface area (Å²) in [4.78, 5) is 20.6. The zero-order valence-corrected chi connectivity index (χ0v) is 34.0. The van der Waals surface area contributed by atoms with Crippen molar-refractivity contribution in [2.75, 3.05) is 0 Å². The van der Waals surface area contributed by atoms with E-state index >= 15 is 0 Å². The van der Waals surface area contributed by atoms with E-state index in [9.17, 15) is 0 Å². The van der Waals surface area contributed by atoms with Crippen molar-refractivity contribution in [2.45, 2.75) is 0 Å². The fraction of sp³-hybridized carbons (Fsp3) is 0. The molecule has 12 rings (SSSR count). The van der Waals surface area contributed by atoms with Crippen molar-refractivity contribution in [1.29, 1.82) is 0 Å². The molecule has 0 aliphatic carbocycles. The second-order valence-corrected chi connectivity index (χ2v) is 15.8. The standard InChI is InChI=1S/C58H36N4O/c1-4-14-37(15-5-1)39-24-30-43(31-25-39)56-60-57(44-32-26-40(27-33-44)38-16-6-2-7-17-38)62-58(61-56)45-34-28-42(29-35-45)55-48-36-51-54(47-21-11-13-23-50(47)63-51)52(41-18-8-3-9-19-41)53(48)46-20-10-12-22-49(46)59-55/h1-36H. The predicted octanol–water partition coefficient (Wildman–Crippen LogP) is 15.1. The lowest BCUT2D eigenvalue weighted by molar-refractivity contribution is 0.669. The molecule has 0 bridgehead atoms. The lowest BCUT2D eigenvalue weighted by Crippen LogP contribution is -2.00. The van der Waals surface area contributed by atoms with Crippen molar-refractivity contribution in [3.05, 3.63) is 218 Å². The van der Waals surface area contributed by atoms with E-state index in [1.54, 1.807) is 0 Å². The molecule has 5 nitrogen and oxygen atoms in total. The summed E-state index contributed by atoms with van der Waals surface area (Å²) in [5.41, 5.74) is 14.0. The maximum atomic E-state index is 6.61. The first-order chi connectivity index (χ1) is 31.2. The molecule has 0 atom stereocenters. The average Bonchev–Trinajstić information content (AvgIpc) is 3.74. The van der Waals surface area contributed by atoms with Crippen LogP contribution in [0.4, 0.5) is 0 Å². The van der Waals surface area contributed by atoms with Gasteiger partial charge in [-0.15, -0.1) is 0 Å². The molecule has 0 spiro atoms. The van der Waals surface area contributed by atoms with E-state index in [0.29, 0.717) is 17.5 Å². The summed E-state index contributed by atoms with van der Waals surface area (Å²) in [6, 6.07) is 75.6.